The molecule has 0 radical (unpaired) electrons. The molecule has 0 amide bonds. The Bertz CT molecular complexity index is 393. The zero-order valence-electron chi connectivity index (χ0n) is 14.1. The van der Waals surface area contributed by atoms with Gasteiger partial charge in [0.2, 0.25) is 0 Å². The molecule has 0 spiro atoms. The highest BCUT2D eigenvalue weighted by atomic mass is 14.6. The van der Waals surface area contributed by atoms with E-state index in [9.17, 15) is 0 Å². The van der Waals surface area contributed by atoms with Crippen molar-refractivity contribution in [3.63, 3.8) is 0 Å². The Morgan fingerprint density at radius 1 is 1.05 bits per heavy atom. The molecule has 0 aromatic heterocycles. The lowest BCUT2D eigenvalue weighted by atomic mass is 9.43. The van der Waals surface area contributed by atoms with Crippen molar-refractivity contribution in [3.8, 4) is 0 Å². The molecule has 3 rings (SSSR count). The summed E-state index contributed by atoms with van der Waals surface area (Å²) in [4.78, 5) is 0. The van der Waals surface area contributed by atoms with Crippen molar-refractivity contribution in [1.29, 1.82) is 0 Å². The minimum Gasteiger partial charge on any atom is -0.102 e. The van der Waals surface area contributed by atoms with Crippen LogP contribution in [0.3, 0.4) is 0 Å². The van der Waals surface area contributed by atoms with Crippen molar-refractivity contribution in [2.45, 2.75) is 79.1 Å². The van der Waals surface area contributed by atoms with Crippen LogP contribution in [0.1, 0.15) is 79.1 Å². The Labute approximate surface area is 126 Å². The molecule has 0 heterocycles. The van der Waals surface area contributed by atoms with E-state index in [4.69, 9.17) is 0 Å². The van der Waals surface area contributed by atoms with E-state index in [-0.39, 0.29) is 0 Å². The van der Waals surface area contributed by atoms with Crippen LogP contribution >= 0.6 is 0 Å². The van der Waals surface area contributed by atoms with Crippen molar-refractivity contribution in [2.75, 3.05) is 0 Å². The Kier molecular flexibility index (Phi) is 3.31. The number of hydrogen-bond acceptors (Lipinski definition) is 0. The highest BCUT2D eigenvalue weighted by Gasteiger charge is 2.61. The van der Waals surface area contributed by atoms with E-state index < -0.39 is 0 Å². The van der Waals surface area contributed by atoms with Gasteiger partial charge in [0.25, 0.3) is 0 Å². The van der Waals surface area contributed by atoms with Crippen LogP contribution in [0, 0.1) is 34.0 Å². The van der Waals surface area contributed by atoms with Crippen LogP contribution in [-0.2, 0) is 0 Å². The van der Waals surface area contributed by atoms with Crippen molar-refractivity contribution in [2.24, 2.45) is 28.1 Å². The lowest BCUT2D eigenvalue weighted by Gasteiger charge is -2.57. The van der Waals surface area contributed by atoms with Gasteiger partial charge in [-0.25, -0.2) is 0 Å². The van der Waals surface area contributed by atoms with Gasteiger partial charge in [-0.1, -0.05) is 40.2 Å². The Hall–Kier alpha value is -0.390. The predicted molar refractivity (Wildman–Crippen MR) is 87.4 cm³/mol. The van der Waals surface area contributed by atoms with Crippen LogP contribution in [-0.4, -0.2) is 0 Å². The molecule has 0 bridgehead atoms. The number of allylic oxidation sites excluding steroid dienone is 1. The van der Waals surface area contributed by atoms with Crippen molar-refractivity contribution in [1.82, 2.24) is 0 Å². The first kappa shape index (κ1) is 14.5. The van der Waals surface area contributed by atoms with Gasteiger partial charge in [-0.2, -0.15) is 0 Å². The molecule has 0 heteroatoms. The van der Waals surface area contributed by atoms with Gasteiger partial charge in [-0.3, -0.25) is 0 Å². The fourth-order valence-corrected chi connectivity index (χ4v) is 6.27. The standard InChI is InChI=1S/C20H33/c1-6-19(4)13-10-16-15(14-19)8-9-17-18(2,3)11-7-12-20(16,17)5/h6,16-17H,1,7-14H2,2-5H3/q+1/t16-,17-,19+,20+/m1/s1. The fraction of sp³-hybridized carbons (Fsp3) is 0.850. The molecule has 112 valence electrons. The van der Waals surface area contributed by atoms with Gasteiger partial charge >= 0.3 is 0 Å². The lowest BCUT2D eigenvalue weighted by Crippen LogP contribution is -2.52. The Morgan fingerprint density at radius 3 is 2.50 bits per heavy atom. The van der Waals surface area contributed by atoms with E-state index in [1.165, 1.54) is 51.4 Å². The van der Waals surface area contributed by atoms with Crippen LogP contribution in [0.2, 0.25) is 0 Å². The van der Waals surface area contributed by atoms with Gasteiger partial charge in [0, 0.05) is 10.8 Å². The van der Waals surface area contributed by atoms with Gasteiger partial charge in [-0.05, 0) is 43.4 Å². The smallest absolute Gasteiger partial charge is 0.102 e. The second-order valence-electron chi connectivity index (χ2n) is 9.22. The van der Waals surface area contributed by atoms with E-state index in [1.807, 2.05) is 5.92 Å². The third-order valence-electron chi connectivity index (χ3n) is 7.45. The van der Waals surface area contributed by atoms with Gasteiger partial charge in [0.15, 0.2) is 0 Å². The summed E-state index contributed by atoms with van der Waals surface area (Å²) in [5.41, 5.74) is 1.55. The molecular weight excluding hydrogens is 240 g/mol. The first-order valence-corrected chi connectivity index (χ1v) is 8.79. The van der Waals surface area contributed by atoms with E-state index in [1.54, 1.807) is 0 Å². The van der Waals surface area contributed by atoms with E-state index in [0.29, 0.717) is 16.2 Å². The fourth-order valence-electron chi connectivity index (χ4n) is 6.27. The van der Waals surface area contributed by atoms with Crippen LogP contribution in [0.15, 0.2) is 12.7 Å². The molecule has 0 aromatic carbocycles. The molecule has 0 unspecified atom stereocenters. The predicted octanol–water partition coefficient (Wildman–Crippen LogP) is 6.18. The molecule has 4 atom stereocenters. The molecule has 3 aliphatic rings. The summed E-state index contributed by atoms with van der Waals surface area (Å²) in [6.45, 7) is 14.2. The third-order valence-corrected chi connectivity index (χ3v) is 7.45. The molecule has 3 saturated carbocycles. The third kappa shape index (κ3) is 2.06. The zero-order chi connectivity index (χ0) is 14.6. The molecule has 3 aliphatic carbocycles. The molecule has 0 N–H and O–H groups in total. The molecule has 0 nitrogen and oxygen atoms in total. The summed E-state index contributed by atoms with van der Waals surface area (Å²) < 4.78 is 0. The monoisotopic (exact) mass is 273 g/mol. The highest BCUT2D eigenvalue weighted by Crippen LogP contribution is 2.65. The quantitative estimate of drug-likeness (QED) is 0.395. The van der Waals surface area contributed by atoms with Gasteiger partial charge < -0.3 is 0 Å². The first-order valence-electron chi connectivity index (χ1n) is 8.79. The van der Waals surface area contributed by atoms with Crippen LogP contribution in [0.4, 0.5) is 0 Å². The van der Waals surface area contributed by atoms with Crippen molar-refractivity contribution < 1.29 is 0 Å². The number of rotatable bonds is 1. The normalized spacial score (nSPS) is 47.3. The minimum absolute atomic E-state index is 0.388. The van der Waals surface area contributed by atoms with E-state index >= 15 is 0 Å². The highest BCUT2D eigenvalue weighted by molar-refractivity contribution is 5.18. The Balaban J connectivity index is 1.87. The van der Waals surface area contributed by atoms with Crippen molar-refractivity contribution in [3.05, 3.63) is 18.6 Å². The summed E-state index contributed by atoms with van der Waals surface area (Å²) in [6, 6.07) is 0. The van der Waals surface area contributed by atoms with Crippen LogP contribution in [0.25, 0.3) is 0 Å². The maximum Gasteiger partial charge on any atom is 0.106 e. The molecule has 3 fully saturated rings. The maximum atomic E-state index is 4.10. The Morgan fingerprint density at radius 2 is 1.80 bits per heavy atom. The molecule has 0 aromatic rings. The molecule has 0 saturated heterocycles. The van der Waals surface area contributed by atoms with Crippen LogP contribution in [0.5, 0.6) is 0 Å². The number of hydrogen-bond donors (Lipinski definition) is 0. The summed E-state index contributed by atoms with van der Waals surface area (Å²) >= 11 is 0. The van der Waals surface area contributed by atoms with Gasteiger partial charge in [0.05, 0.1) is 18.8 Å². The summed E-state index contributed by atoms with van der Waals surface area (Å²) in [5.74, 6) is 3.76. The van der Waals surface area contributed by atoms with Crippen molar-refractivity contribution >= 4 is 0 Å². The topological polar surface area (TPSA) is 0 Å². The minimum atomic E-state index is 0.388. The zero-order valence-corrected chi connectivity index (χ0v) is 14.1. The van der Waals surface area contributed by atoms with Crippen LogP contribution < -0.4 is 0 Å². The molecule has 20 heavy (non-hydrogen) atoms. The molecular formula is C20H33+. The second kappa shape index (κ2) is 4.55. The summed E-state index contributed by atoms with van der Waals surface area (Å²) in [5, 5.41) is 0. The lowest BCUT2D eigenvalue weighted by molar-refractivity contribution is -0.0781. The van der Waals surface area contributed by atoms with Gasteiger partial charge in [0.1, 0.15) is 5.92 Å². The second-order valence-corrected chi connectivity index (χ2v) is 9.22. The first-order chi connectivity index (χ1) is 9.31. The SMILES string of the molecule is C=C[C@@]1(C)CC[C@@H]2[C+](CC[C@@H]3C(C)(C)CCC[C@@]23C)C1. The van der Waals surface area contributed by atoms with Gasteiger partial charge in [-0.15, -0.1) is 6.58 Å². The maximum absolute atomic E-state index is 4.10. The van der Waals surface area contributed by atoms with E-state index in [2.05, 4.69) is 40.3 Å². The summed E-state index contributed by atoms with van der Waals surface area (Å²) in [7, 11) is 0. The average Bonchev–Trinajstić information content (AvgIpc) is 2.37. The number of fused-ring (bicyclic) bond motifs is 3. The summed E-state index contributed by atoms with van der Waals surface area (Å²) in [6.07, 6.45) is 13.5. The largest absolute Gasteiger partial charge is 0.106 e. The van der Waals surface area contributed by atoms with E-state index in [0.717, 1.165) is 11.8 Å². The molecule has 0 aliphatic heterocycles. The average molecular weight is 273 g/mol.